The van der Waals surface area contributed by atoms with Crippen LogP contribution in [0.2, 0.25) is 0 Å². The minimum Gasteiger partial charge on any atom is -0.295 e. The first-order valence-corrected chi connectivity index (χ1v) is 6.72. The van der Waals surface area contributed by atoms with E-state index >= 15 is 0 Å². The van der Waals surface area contributed by atoms with Gasteiger partial charge < -0.3 is 0 Å². The predicted octanol–water partition coefficient (Wildman–Crippen LogP) is 1.13. The first-order valence-electron chi connectivity index (χ1n) is 5.57. The number of thioether (sulfide) groups is 1. The molecule has 1 aliphatic rings. The van der Waals surface area contributed by atoms with Gasteiger partial charge in [0.2, 0.25) is 0 Å². The molecule has 0 saturated carbocycles. The Balaban J connectivity index is 2.11. The minimum absolute atomic E-state index is 0.0215. The number of carbonyl (C=O) groups is 1. The Hall–Kier alpha value is -0.810. The van der Waals surface area contributed by atoms with E-state index in [9.17, 15) is 4.79 Å². The summed E-state index contributed by atoms with van der Waals surface area (Å²) < 4.78 is 1.79. The molecule has 1 aliphatic heterocycles. The monoisotopic (exact) mass is 239 g/mol. The van der Waals surface area contributed by atoms with Gasteiger partial charge in [0.05, 0.1) is 17.8 Å². The number of aryl methyl sites for hydroxylation is 1. The van der Waals surface area contributed by atoms with Crippen molar-refractivity contribution in [1.29, 1.82) is 0 Å². The molecule has 0 aliphatic carbocycles. The average Bonchev–Trinajstić information content (AvgIpc) is 2.77. The van der Waals surface area contributed by atoms with Crippen molar-refractivity contribution in [1.82, 2.24) is 14.7 Å². The van der Waals surface area contributed by atoms with Crippen molar-refractivity contribution in [2.75, 3.05) is 25.1 Å². The van der Waals surface area contributed by atoms with Crippen molar-refractivity contribution in [3.63, 3.8) is 0 Å². The molecule has 1 saturated heterocycles. The average molecular weight is 239 g/mol. The highest BCUT2D eigenvalue weighted by Gasteiger charge is 2.27. The van der Waals surface area contributed by atoms with E-state index in [1.165, 1.54) is 0 Å². The maximum absolute atomic E-state index is 12.2. The van der Waals surface area contributed by atoms with Crippen molar-refractivity contribution >= 4 is 17.5 Å². The molecule has 88 valence electrons. The third kappa shape index (κ3) is 2.30. The van der Waals surface area contributed by atoms with Crippen molar-refractivity contribution in [3.8, 4) is 0 Å². The lowest BCUT2D eigenvalue weighted by atomic mass is 10.1. The van der Waals surface area contributed by atoms with E-state index in [2.05, 4.69) is 10.00 Å². The number of rotatable bonds is 3. The summed E-state index contributed by atoms with van der Waals surface area (Å²) in [7, 11) is 2.02. The fourth-order valence-electron chi connectivity index (χ4n) is 1.82. The van der Waals surface area contributed by atoms with Crippen LogP contribution in [-0.2, 0) is 6.54 Å². The third-order valence-electron chi connectivity index (χ3n) is 2.94. The van der Waals surface area contributed by atoms with Crippen LogP contribution in [0.4, 0.5) is 0 Å². The van der Waals surface area contributed by atoms with Gasteiger partial charge in [-0.25, -0.2) is 0 Å². The highest BCUT2D eigenvalue weighted by molar-refractivity contribution is 7.99. The topological polar surface area (TPSA) is 38.1 Å². The van der Waals surface area contributed by atoms with E-state index in [0.717, 1.165) is 30.2 Å². The molecule has 1 atom stereocenters. The van der Waals surface area contributed by atoms with Crippen molar-refractivity contribution in [2.45, 2.75) is 19.5 Å². The molecule has 1 aromatic heterocycles. The zero-order chi connectivity index (χ0) is 11.5. The summed E-state index contributed by atoms with van der Waals surface area (Å²) in [6.45, 7) is 3.81. The molecular weight excluding hydrogens is 222 g/mol. The fraction of sp³-hybridized carbons (Fsp3) is 0.636. The minimum atomic E-state index is 0.0215. The second-order valence-corrected chi connectivity index (χ2v) is 5.17. The van der Waals surface area contributed by atoms with Crippen LogP contribution in [0.15, 0.2) is 12.4 Å². The fourth-order valence-corrected chi connectivity index (χ4v) is 3.03. The summed E-state index contributed by atoms with van der Waals surface area (Å²) in [4.78, 5) is 14.4. The van der Waals surface area contributed by atoms with E-state index in [0.29, 0.717) is 0 Å². The summed E-state index contributed by atoms with van der Waals surface area (Å²) in [6, 6.07) is 0.0215. The molecule has 0 N–H and O–H groups in total. The lowest BCUT2D eigenvalue weighted by Gasteiger charge is -2.30. The van der Waals surface area contributed by atoms with E-state index in [1.807, 2.05) is 31.9 Å². The zero-order valence-corrected chi connectivity index (χ0v) is 10.5. The summed E-state index contributed by atoms with van der Waals surface area (Å²) in [6.07, 6.45) is 3.52. The molecule has 1 fully saturated rings. The number of Topliss-reactive ketones (excluding diaryl/α,β-unsaturated/α-hetero) is 1. The van der Waals surface area contributed by atoms with Gasteiger partial charge in [0.15, 0.2) is 5.78 Å². The van der Waals surface area contributed by atoms with Gasteiger partial charge in [-0.15, -0.1) is 0 Å². The van der Waals surface area contributed by atoms with Crippen molar-refractivity contribution in [3.05, 3.63) is 18.0 Å². The molecule has 0 spiro atoms. The van der Waals surface area contributed by atoms with Crippen LogP contribution in [-0.4, -0.2) is 51.6 Å². The lowest BCUT2D eigenvalue weighted by Crippen LogP contribution is -2.44. The molecule has 1 aromatic rings. The number of aromatic nitrogens is 2. The predicted molar refractivity (Wildman–Crippen MR) is 66.0 cm³/mol. The number of nitrogens with zero attached hydrogens (tertiary/aromatic N) is 3. The van der Waals surface area contributed by atoms with Crippen molar-refractivity contribution < 1.29 is 4.79 Å². The summed E-state index contributed by atoms with van der Waals surface area (Å²) in [5, 5.41) is 4.15. The maximum Gasteiger partial charge on any atom is 0.183 e. The number of hydrogen-bond acceptors (Lipinski definition) is 4. The molecule has 2 heterocycles. The zero-order valence-electron chi connectivity index (χ0n) is 9.72. The molecular formula is C11H17N3OS. The summed E-state index contributed by atoms with van der Waals surface area (Å²) in [5.41, 5.74) is 0.737. The Bertz CT molecular complexity index is 377. The lowest BCUT2D eigenvalue weighted by molar-refractivity contribution is 0.0874. The third-order valence-corrected chi connectivity index (χ3v) is 3.96. The largest absolute Gasteiger partial charge is 0.295 e. The van der Waals surface area contributed by atoms with Gasteiger partial charge in [0.25, 0.3) is 0 Å². The Labute approximate surface area is 100.0 Å². The second-order valence-electron chi connectivity index (χ2n) is 4.02. The van der Waals surface area contributed by atoms with Crippen LogP contribution in [0.5, 0.6) is 0 Å². The molecule has 16 heavy (non-hydrogen) atoms. The van der Waals surface area contributed by atoms with Gasteiger partial charge in [0, 0.05) is 30.8 Å². The van der Waals surface area contributed by atoms with Gasteiger partial charge in [-0.05, 0) is 14.0 Å². The normalized spacial score (nSPS) is 22.2. The Morgan fingerprint density at radius 3 is 3.12 bits per heavy atom. The van der Waals surface area contributed by atoms with E-state index in [4.69, 9.17) is 0 Å². The van der Waals surface area contributed by atoms with Crippen LogP contribution in [0.1, 0.15) is 17.3 Å². The standard InChI is InChI=1S/C11H17N3OS/c1-3-14-7-9(6-12-14)11(15)10-8-16-5-4-13(10)2/h6-7,10H,3-5,8H2,1-2H3. The van der Waals surface area contributed by atoms with E-state index in [1.54, 1.807) is 10.9 Å². The van der Waals surface area contributed by atoms with Crippen LogP contribution in [0, 0.1) is 0 Å². The molecule has 1 unspecified atom stereocenters. The Morgan fingerprint density at radius 2 is 2.50 bits per heavy atom. The van der Waals surface area contributed by atoms with E-state index < -0.39 is 0 Å². The Kier molecular flexibility index (Phi) is 3.66. The van der Waals surface area contributed by atoms with E-state index in [-0.39, 0.29) is 11.8 Å². The van der Waals surface area contributed by atoms with Gasteiger partial charge in [-0.3, -0.25) is 14.4 Å². The highest BCUT2D eigenvalue weighted by Crippen LogP contribution is 2.18. The number of hydrogen-bond donors (Lipinski definition) is 0. The smallest absolute Gasteiger partial charge is 0.183 e. The Morgan fingerprint density at radius 1 is 1.69 bits per heavy atom. The molecule has 4 nitrogen and oxygen atoms in total. The summed E-state index contributed by atoms with van der Waals surface area (Å²) >= 11 is 1.85. The number of carbonyl (C=O) groups excluding carboxylic acids is 1. The summed E-state index contributed by atoms with van der Waals surface area (Å²) in [5.74, 6) is 2.22. The maximum atomic E-state index is 12.2. The second kappa shape index (κ2) is 5.01. The first kappa shape index (κ1) is 11.7. The van der Waals surface area contributed by atoms with Crippen molar-refractivity contribution in [2.24, 2.45) is 0 Å². The molecule has 0 radical (unpaired) electrons. The molecule has 0 aromatic carbocycles. The SMILES string of the molecule is CCn1cc(C(=O)C2CSCCN2C)cn1. The quantitative estimate of drug-likeness (QED) is 0.741. The van der Waals surface area contributed by atoms with Crippen LogP contribution in [0.25, 0.3) is 0 Å². The number of likely N-dealkylation sites (N-methyl/N-ethyl adjacent to an activating group) is 1. The van der Waals surface area contributed by atoms with Gasteiger partial charge in [0.1, 0.15) is 0 Å². The first-order chi connectivity index (χ1) is 7.72. The van der Waals surface area contributed by atoms with Gasteiger partial charge in [-0.1, -0.05) is 0 Å². The van der Waals surface area contributed by atoms with Crippen LogP contribution in [0.3, 0.4) is 0 Å². The molecule has 2 rings (SSSR count). The van der Waals surface area contributed by atoms with Crippen LogP contribution < -0.4 is 0 Å². The molecule has 0 bridgehead atoms. The van der Waals surface area contributed by atoms with Gasteiger partial charge in [-0.2, -0.15) is 16.9 Å². The van der Waals surface area contributed by atoms with Crippen LogP contribution >= 0.6 is 11.8 Å². The number of ketones is 1. The van der Waals surface area contributed by atoms with Gasteiger partial charge >= 0.3 is 0 Å². The molecule has 5 heteroatoms. The highest BCUT2D eigenvalue weighted by atomic mass is 32.2. The molecule has 0 amide bonds.